The lowest BCUT2D eigenvalue weighted by molar-refractivity contribution is 0.224. The molecule has 0 aromatic carbocycles. The quantitative estimate of drug-likeness (QED) is 0.263. The summed E-state index contributed by atoms with van der Waals surface area (Å²) in [6.07, 6.45) is 15.5. The molecule has 0 aliphatic rings. The molecule has 0 radical (unpaired) electrons. The number of unbranched alkanes of at least 4 members (excludes halogenated alkanes) is 11. The third-order valence-corrected chi connectivity index (χ3v) is 5.54. The molecule has 4 heteroatoms. The fourth-order valence-corrected chi connectivity index (χ4v) is 3.78. The molecule has 1 unspecified atom stereocenters. The largest absolute Gasteiger partial charge is 0.267 e. The van der Waals surface area contributed by atoms with E-state index in [2.05, 4.69) is 6.92 Å². The maximum absolute atomic E-state index is 11.7. The molecule has 22 heavy (non-hydrogen) atoms. The zero-order valence-electron chi connectivity index (χ0n) is 15.1. The minimum atomic E-state index is -3.31. The van der Waals surface area contributed by atoms with Crippen molar-refractivity contribution in [2.75, 3.05) is 5.75 Å². The van der Waals surface area contributed by atoms with E-state index in [1.54, 1.807) is 6.92 Å². The zero-order valence-corrected chi connectivity index (χ0v) is 15.9. The Balaban J connectivity index is 3.33. The van der Waals surface area contributed by atoms with Gasteiger partial charge in [0.25, 0.3) is 10.1 Å². The average molecular weight is 335 g/mol. The molecule has 0 aromatic rings. The summed E-state index contributed by atoms with van der Waals surface area (Å²) in [7, 11) is -3.31. The first kappa shape index (κ1) is 21.9. The Labute approximate surface area is 139 Å². The highest BCUT2D eigenvalue weighted by atomic mass is 32.2. The van der Waals surface area contributed by atoms with Crippen molar-refractivity contribution in [2.45, 2.75) is 110 Å². The van der Waals surface area contributed by atoms with Crippen molar-refractivity contribution in [3.05, 3.63) is 0 Å². The predicted octanol–water partition coefficient (Wildman–Crippen LogP) is 5.83. The normalized spacial score (nSPS) is 13.4. The highest BCUT2D eigenvalue weighted by Gasteiger charge is 2.14. The molecule has 134 valence electrons. The van der Waals surface area contributed by atoms with Gasteiger partial charge in [-0.2, -0.15) is 8.42 Å². The molecule has 0 heterocycles. The molecule has 0 amide bonds. The summed E-state index contributed by atoms with van der Waals surface area (Å²) in [5.74, 6) is 0.175. The molecule has 0 aliphatic heterocycles. The second-order valence-corrected chi connectivity index (χ2v) is 8.18. The van der Waals surface area contributed by atoms with Gasteiger partial charge in [0.05, 0.1) is 11.9 Å². The molecular formula is C18H38O3S. The predicted molar refractivity (Wildman–Crippen MR) is 95.7 cm³/mol. The smallest absolute Gasteiger partial charge is 0.267 e. The lowest BCUT2D eigenvalue weighted by Crippen LogP contribution is -2.17. The summed E-state index contributed by atoms with van der Waals surface area (Å²) in [4.78, 5) is 0. The van der Waals surface area contributed by atoms with E-state index in [0.29, 0.717) is 0 Å². The third kappa shape index (κ3) is 14.8. The van der Waals surface area contributed by atoms with Crippen molar-refractivity contribution in [3.8, 4) is 0 Å². The molecule has 0 fully saturated rings. The lowest BCUT2D eigenvalue weighted by Gasteiger charge is -2.10. The van der Waals surface area contributed by atoms with Crippen LogP contribution in [-0.2, 0) is 14.3 Å². The maximum atomic E-state index is 11.7. The SMILES string of the molecule is CCCCCCCCCCCCCCS(=O)(=O)OC(C)CC. The first-order valence-electron chi connectivity index (χ1n) is 9.42. The average Bonchev–Trinajstić information content (AvgIpc) is 2.47. The van der Waals surface area contributed by atoms with Gasteiger partial charge in [-0.1, -0.05) is 84.5 Å². The third-order valence-electron chi connectivity index (χ3n) is 4.13. The van der Waals surface area contributed by atoms with Gasteiger partial charge in [0.15, 0.2) is 0 Å². The topological polar surface area (TPSA) is 43.4 Å². The zero-order chi connectivity index (χ0) is 16.7. The number of rotatable bonds is 16. The van der Waals surface area contributed by atoms with Gasteiger partial charge < -0.3 is 0 Å². The van der Waals surface area contributed by atoms with Crippen LogP contribution in [0.4, 0.5) is 0 Å². The van der Waals surface area contributed by atoms with E-state index in [0.717, 1.165) is 25.7 Å². The molecule has 0 saturated carbocycles. The van der Waals surface area contributed by atoms with E-state index in [1.807, 2.05) is 6.92 Å². The van der Waals surface area contributed by atoms with Crippen LogP contribution < -0.4 is 0 Å². The van der Waals surface area contributed by atoms with Gasteiger partial charge in [0, 0.05) is 0 Å². The van der Waals surface area contributed by atoms with Gasteiger partial charge >= 0.3 is 0 Å². The van der Waals surface area contributed by atoms with E-state index in [-0.39, 0.29) is 11.9 Å². The molecule has 0 saturated heterocycles. The monoisotopic (exact) mass is 334 g/mol. The van der Waals surface area contributed by atoms with Gasteiger partial charge in [-0.25, -0.2) is 0 Å². The second kappa shape index (κ2) is 14.5. The van der Waals surface area contributed by atoms with Gasteiger partial charge in [-0.15, -0.1) is 0 Å². The minimum absolute atomic E-state index is 0.175. The molecular weight excluding hydrogens is 296 g/mol. The van der Waals surface area contributed by atoms with Crippen molar-refractivity contribution >= 4 is 10.1 Å². The highest BCUT2D eigenvalue weighted by molar-refractivity contribution is 7.86. The molecule has 1 atom stereocenters. The fraction of sp³-hybridized carbons (Fsp3) is 1.00. The molecule has 0 aromatic heterocycles. The van der Waals surface area contributed by atoms with Crippen LogP contribution in [-0.4, -0.2) is 20.3 Å². The summed E-state index contributed by atoms with van der Waals surface area (Å²) >= 11 is 0. The molecule has 3 nitrogen and oxygen atoms in total. The van der Waals surface area contributed by atoms with Crippen LogP contribution in [0.25, 0.3) is 0 Å². The molecule has 0 spiro atoms. The van der Waals surface area contributed by atoms with Gasteiger partial charge in [0.2, 0.25) is 0 Å². The van der Waals surface area contributed by atoms with Crippen molar-refractivity contribution in [2.24, 2.45) is 0 Å². The minimum Gasteiger partial charge on any atom is -0.267 e. The van der Waals surface area contributed by atoms with E-state index < -0.39 is 10.1 Å². The lowest BCUT2D eigenvalue weighted by atomic mass is 10.1. The number of hydrogen-bond acceptors (Lipinski definition) is 3. The Bertz CT molecular complexity index is 325. The van der Waals surface area contributed by atoms with Crippen LogP contribution in [0, 0.1) is 0 Å². The maximum Gasteiger partial charge on any atom is 0.267 e. The van der Waals surface area contributed by atoms with Crippen molar-refractivity contribution < 1.29 is 12.6 Å². The summed E-state index contributed by atoms with van der Waals surface area (Å²) in [6.45, 7) is 5.99. The van der Waals surface area contributed by atoms with E-state index in [1.165, 1.54) is 57.8 Å². The fourth-order valence-electron chi connectivity index (χ4n) is 2.49. The van der Waals surface area contributed by atoms with Crippen LogP contribution in [0.3, 0.4) is 0 Å². The van der Waals surface area contributed by atoms with Crippen LogP contribution in [0.2, 0.25) is 0 Å². The first-order valence-corrected chi connectivity index (χ1v) is 11.0. The molecule has 0 aliphatic carbocycles. The van der Waals surface area contributed by atoms with Crippen molar-refractivity contribution in [1.82, 2.24) is 0 Å². The Morgan fingerprint density at radius 1 is 0.727 bits per heavy atom. The summed E-state index contributed by atoms with van der Waals surface area (Å²) < 4.78 is 28.4. The van der Waals surface area contributed by atoms with Crippen LogP contribution in [0.5, 0.6) is 0 Å². The standard InChI is InChI=1S/C18H38O3S/c1-4-6-7-8-9-10-11-12-13-14-15-16-17-22(19,20)21-18(3)5-2/h18H,4-17H2,1-3H3. The summed E-state index contributed by atoms with van der Waals surface area (Å²) in [6, 6.07) is 0. The Morgan fingerprint density at radius 2 is 1.14 bits per heavy atom. The van der Waals surface area contributed by atoms with Crippen LogP contribution in [0.1, 0.15) is 104 Å². The van der Waals surface area contributed by atoms with Crippen molar-refractivity contribution in [3.63, 3.8) is 0 Å². The van der Waals surface area contributed by atoms with Crippen LogP contribution >= 0.6 is 0 Å². The highest BCUT2D eigenvalue weighted by Crippen LogP contribution is 2.13. The van der Waals surface area contributed by atoms with Gasteiger partial charge in [0.1, 0.15) is 0 Å². The summed E-state index contributed by atoms with van der Waals surface area (Å²) in [5.41, 5.74) is 0. The first-order chi connectivity index (χ1) is 10.5. The molecule has 0 rings (SSSR count). The van der Waals surface area contributed by atoms with Crippen molar-refractivity contribution in [1.29, 1.82) is 0 Å². The van der Waals surface area contributed by atoms with Gasteiger partial charge in [-0.05, 0) is 19.8 Å². The second-order valence-electron chi connectivity index (χ2n) is 6.47. The number of hydrogen-bond donors (Lipinski definition) is 0. The summed E-state index contributed by atoms with van der Waals surface area (Å²) in [5, 5.41) is 0. The molecule has 0 N–H and O–H groups in total. The van der Waals surface area contributed by atoms with Crippen LogP contribution in [0.15, 0.2) is 0 Å². The van der Waals surface area contributed by atoms with Gasteiger partial charge in [-0.3, -0.25) is 4.18 Å². The Kier molecular flexibility index (Phi) is 14.4. The van der Waals surface area contributed by atoms with E-state index in [9.17, 15) is 8.42 Å². The Morgan fingerprint density at radius 3 is 1.55 bits per heavy atom. The van der Waals surface area contributed by atoms with E-state index >= 15 is 0 Å². The van der Waals surface area contributed by atoms with E-state index in [4.69, 9.17) is 4.18 Å². The molecule has 0 bridgehead atoms. The Hall–Kier alpha value is -0.0900.